The lowest BCUT2D eigenvalue weighted by Crippen LogP contribution is -2.59. The zero-order valence-electron chi connectivity index (χ0n) is 37.9. The summed E-state index contributed by atoms with van der Waals surface area (Å²) in [6.45, 7) is 4.07. The Morgan fingerprint density at radius 3 is 1.41 bits per heavy atom. The Labute approximate surface area is 399 Å². The molecule has 0 saturated heterocycles. The van der Waals surface area contributed by atoms with Gasteiger partial charge in [-0.15, -0.1) is 0 Å². The number of anilines is 9. The summed E-state index contributed by atoms with van der Waals surface area (Å²) in [6, 6.07) is 77.5. The van der Waals surface area contributed by atoms with Crippen molar-refractivity contribution in [3.63, 3.8) is 0 Å². The topological polar surface area (TPSA) is 45.2 Å². The average molecular weight is 888 g/mol. The maximum atomic E-state index is 6.98. The van der Waals surface area contributed by atoms with E-state index in [0.29, 0.717) is 0 Å². The highest BCUT2D eigenvalue weighted by Crippen LogP contribution is 2.46. The molecule has 0 unspecified atom stereocenters. The van der Waals surface area contributed by atoms with Gasteiger partial charge in [-0.1, -0.05) is 96.1 Å². The van der Waals surface area contributed by atoms with Crippen LogP contribution in [0.1, 0.15) is 11.1 Å². The molecule has 0 spiro atoms. The van der Waals surface area contributed by atoms with Crippen LogP contribution in [-0.2, 0) is 0 Å². The molecule has 2 aliphatic heterocycles. The Kier molecular flexibility index (Phi) is 8.71. The van der Waals surface area contributed by atoms with E-state index in [4.69, 9.17) is 13.6 Å². The maximum Gasteiger partial charge on any atom is 0.256 e. The first-order valence-corrected chi connectivity index (χ1v) is 23.5. The average Bonchev–Trinajstić information content (AvgIpc) is 3.93. The van der Waals surface area contributed by atoms with Crippen molar-refractivity contribution in [2.24, 2.45) is 0 Å². The Morgan fingerprint density at radius 1 is 0.362 bits per heavy atom. The summed E-state index contributed by atoms with van der Waals surface area (Å²) in [6.07, 6.45) is 0. The van der Waals surface area contributed by atoms with Gasteiger partial charge in [0.25, 0.3) is 6.71 Å². The molecule has 12 aromatic rings. The molecule has 69 heavy (non-hydrogen) atoms. The van der Waals surface area contributed by atoms with Crippen molar-refractivity contribution >= 4 is 118 Å². The zero-order valence-corrected chi connectivity index (χ0v) is 37.9. The van der Waals surface area contributed by atoms with Crippen molar-refractivity contribution in [1.82, 2.24) is 0 Å². The molecule has 2 aliphatic rings. The SMILES string of the molecule is Cc1ccc(N(c2ccccc2)c2ccc3c(c2)oc2cc4c(cc23)Oc2cccc3c2B4c2cc4oc5cc(N(c6ccccc6)c6ccc(C)cc6)ccc5c4cc2N3c2ccccc2)cc1. The van der Waals surface area contributed by atoms with Crippen LogP contribution in [0.15, 0.2) is 227 Å². The molecule has 0 fully saturated rings. The summed E-state index contributed by atoms with van der Waals surface area (Å²) in [7, 11) is 0. The maximum absolute atomic E-state index is 6.98. The number of hydrogen-bond donors (Lipinski definition) is 0. The van der Waals surface area contributed by atoms with Crippen molar-refractivity contribution in [1.29, 1.82) is 0 Å². The second kappa shape index (κ2) is 15.3. The normalized spacial score (nSPS) is 12.6. The van der Waals surface area contributed by atoms with Crippen LogP contribution in [-0.4, -0.2) is 6.71 Å². The minimum Gasteiger partial charge on any atom is -0.458 e. The van der Waals surface area contributed by atoms with E-state index in [0.717, 1.165) is 123 Å². The lowest BCUT2D eigenvalue weighted by Gasteiger charge is -2.39. The number of para-hydroxylation sites is 3. The highest BCUT2D eigenvalue weighted by Gasteiger charge is 2.43. The molecule has 0 radical (unpaired) electrons. The molecule has 0 bridgehead atoms. The summed E-state index contributed by atoms with van der Waals surface area (Å²) in [5, 5.41) is 4.16. The van der Waals surface area contributed by atoms with Gasteiger partial charge in [-0.25, -0.2) is 0 Å². The predicted octanol–water partition coefficient (Wildman–Crippen LogP) is 15.4. The largest absolute Gasteiger partial charge is 0.458 e. The zero-order chi connectivity index (χ0) is 45.7. The first-order chi connectivity index (χ1) is 34.0. The van der Waals surface area contributed by atoms with E-state index in [9.17, 15) is 0 Å². The quantitative estimate of drug-likeness (QED) is 0.149. The molecule has 7 heteroatoms. The van der Waals surface area contributed by atoms with Crippen molar-refractivity contribution in [2.75, 3.05) is 14.7 Å². The molecule has 0 saturated carbocycles. The van der Waals surface area contributed by atoms with Crippen molar-refractivity contribution in [3.8, 4) is 11.5 Å². The Morgan fingerprint density at radius 2 is 0.841 bits per heavy atom. The number of furan rings is 2. The van der Waals surface area contributed by atoms with E-state index in [1.54, 1.807) is 0 Å². The molecule has 6 nitrogen and oxygen atoms in total. The second-order valence-corrected chi connectivity index (χ2v) is 18.3. The van der Waals surface area contributed by atoms with E-state index < -0.39 is 0 Å². The molecule has 0 atom stereocenters. The van der Waals surface area contributed by atoms with Crippen LogP contribution in [0.4, 0.5) is 51.2 Å². The van der Waals surface area contributed by atoms with Gasteiger partial charge in [0, 0.05) is 84.9 Å². The Hall–Kier alpha value is -8.94. The third-order valence-electron chi connectivity index (χ3n) is 14.0. The van der Waals surface area contributed by atoms with Gasteiger partial charge < -0.3 is 28.3 Å². The number of ether oxygens (including phenoxy) is 1. The van der Waals surface area contributed by atoms with Gasteiger partial charge in [-0.05, 0) is 152 Å². The Balaban J connectivity index is 0.942. The fourth-order valence-corrected chi connectivity index (χ4v) is 10.8. The molecular weight excluding hydrogens is 846 g/mol. The highest BCUT2D eigenvalue weighted by atomic mass is 16.5. The third kappa shape index (κ3) is 6.28. The fraction of sp³-hybridized carbons (Fsp3) is 0.0323. The number of hydrogen-bond acceptors (Lipinski definition) is 6. The van der Waals surface area contributed by atoms with Crippen LogP contribution in [0.25, 0.3) is 43.9 Å². The van der Waals surface area contributed by atoms with Crippen molar-refractivity contribution in [3.05, 3.63) is 230 Å². The van der Waals surface area contributed by atoms with Crippen LogP contribution in [0.5, 0.6) is 11.5 Å². The molecule has 4 heterocycles. The van der Waals surface area contributed by atoms with Gasteiger partial charge >= 0.3 is 0 Å². The monoisotopic (exact) mass is 887 g/mol. The van der Waals surface area contributed by atoms with Crippen LogP contribution >= 0.6 is 0 Å². The lowest BCUT2D eigenvalue weighted by molar-refractivity contribution is 0.488. The summed E-state index contributed by atoms with van der Waals surface area (Å²) < 4.78 is 20.9. The highest BCUT2D eigenvalue weighted by molar-refractivity contribution is 6.99. The van der Waals surface area contributed by atoms with E-state index in [1.807, 2.05) is 0 Å². The van der Waals surface area contributed by atoms with Gasteiger partial charge in [-0.2, -0.15) is 0 Å². The van der Waals surface area contributed by atoms with Gasteiger partial charge in [0.05, 0.1) is 0 Å². The predicted molar refractivity (Wildman–Crippen MR) is 286 cm³/mol. The molecule has 14 rings (SSSR count). The molecular formula is C62H42BN3O3. The van der Waals surface area contributed by atoms with E-state index in [2.05, 4.69) is 247 Å². The van der Waals surface area contributed by atoms with Crippen LogP contribution in [0, 0.1) is 13.8 Å². The van der Waals surface area contributed by atoms with Crippen LogP contribution in [0.3, 0.4) is 0 Å². The summed E-state index contributed by atoms with van der Waals surface area (Å²) in [5.41, 5.74) is 18.6. The van der Waals surface area contributed by atoms with Gasteiger partial charge in [0.1, 0.15) is 33.8 Å². The summed E-state index contributed by atoms with van der Waals surface area (Å²) in [4.78, 5) is 6.95. The molecule has 10 aromatic carbocycles. The summed E-state index contributed by atoms with van der Waals surface area (Å²) >= 11 is 0. The van der Waals surface area contributed by atoms with Crippen molar-refractivity contribution < 1.29 is 13.6 Å². The molecule has 0 aliphatic carbocycles. The first-order valence-electron chi connectivity index (χ1n) is 23.5. The number of benzene rings is 10. The number of fused-ring (bicyclic) bond motifs is 10. The van der Waals surface area contributed by atoms with E-state index in [1.165, 1.54) is 11.1 Å². The third-order valence-corrected chi connectivity index (χ3v) is 14.0. The van der Waals surface area contributed by atoms with Crippen LogP contribution < -0.4 is 35.8 Å². The second-order valence-electron chi connectivity index (χ2n) is 18.3. The molecule has 0 amide bonds. The molecule has 0 N–H and O–H groups in total. The van der Waals surface area contributed by atoms with Gasteiger partial charge in [0.2, 0.25) is 0 Å². The summed E-state index contributed by atoms with van der Waals surface area (Å²) in [5.74, 6) is 1.66. The number of nitrogens with zero attached hydrogens (tertiary/aromatic N) is 3. The molecule has 326 valence electrons. The number of aryl methyl sites for hydroxylation is 2. The number of rotatable bonds is 7. The van der Waals surface area contributed by atoms with E-state index in [-0.39, 0.29) is 6.71 Å². The molecule has 2 aromatic heterocycles. The van der Waals surface area contributed by atoms with Gasteiger partial charge in [0.15, 0.2) is 0 Å². The Bertz CT molecular complexity index is 3960. The minimum atomic E-state index is -0.165. The lowest BCUT2D eigenvalue weighted by atomic mass is 9.34. The minimum absolute atomic E-state index is 0.165. The van der Waals surface area contributed by atoms with E-state index >= 15 is 0 Å². The van der Waals surface area contributed by atoms with Crippen molar-refractivity contribution in [2.45, 2.75) is 13.8 Å². The smallest absolute Gasteiger partial charge is 0.256 e. The van der Waals surface area contributed by atoms with Gasteiger partial charge in [-0.3, -0.25) is 0 Å². The first kappa shape index (κ1) is 39.3. The fourth-order valence-electron chi connectivity index (χ4n) is 10.8. The van der Waals surface area contributed by atoms with Crippen LogP contribution in [0.2, 0.25) is 0 Å². The standard InChI is InChI=1S/C62H42BN3O3/c1-39-21-25-44(26-22-39)64(41-13-6-3-7-14-41)46-29-31-48-50-35-55-52(37-59(50)68-57(48)33-46)63-53-38-60-51(36-61(53)67-56-20-12-19-54(62(56)63)66(55)43-17-10-5-11-18-43)49-32-30-47(34-58(49)69-60)65(42-15-8-4-9-16-42)45-27-23-40(2)24-28-45/h3-38H,1-2H3.